The molecule has 0 aliphatic heterocycles. The van der Waals surface area contributed by atoms with E-state index in [4.69, 9.17) is 0 Å². The lowest BCUT2D eigenvalue weighted by Crippen LogP contribution is -2.34. The standard InChI is InChI=1S/C7H7BF3O2S/c1-4-5(8(9,10)11)3-14-6(4)7(12)13-2/h3H,1-2H3/q-1. The molecule has 0 aliphatic rings. The van der Waals surface area contributed by atoms with E-state index >= 15 is 0 Å². The molecule has 1 heterocycles. The van der Waals surface area contributed by atoms with Gasteiger partial charge in [-0.25, -0.2) is 4.79 Å². The maximum absolute atomic E-state index is 12.3. The third kappa shape index (κ3) is 1.92. The van der Waals surface area contributed by atoms with Crippen LogP contribution in [-0.2, 0) is 4.74 Å². The molecule has 0 unspecified atom stereocenters. The average Bonchev–Trinajstić information content (AvgIpc) is 2.45. The van der Waals surface area contributed by atoms with Crippen LogP contribution in [0.1, 0.15) is 15.2 Å². The Hall–Kier alpha value is -0.975. The van der Waals surface area contributed by atoms with Crippen LogP contribution in [0.2, 0.25) is 0 Å². The largest absolute Gasteiger partial charge is 0.510 e. The van der Waals surface area contributed by atoms with Gasteiger partial charge in [-0.05, 0) is 12.3 Å². The van der Waals surface area contributed by atoms with E-state index in [1.165, 1.54) is 6.92 Å². The minimum Gasteiger partial charge on any atom is -0.465 e. The number of carbonyl (C=O) groups is 1. The zero-order chi connectivity index (χ0) is 10.9. The Labute approximate surface area is 82.7 Å². The molecular weight excluding hydrogens is 216 g/mol. The van der Waals surface area contributed by atoms with E-state index in [9.17, 15) is 17.7 Å². The second kappa shape index (κ2) is 3.64. The maximum Gasteiger partial charge on any atom is 0.510 e. The SMILES string of the molecule is COC(=O)c1scc([B-](F)(F)F)c1C. The average molecular weight is 223 g/mol. The van der Waals surface area contributed by atoms with Crippen molar-refractivity contribution in [2.75, 3.05) is 7.11 Å². The highest BCUT2D eigenvalue weighted by molar-refractivity contribution is 7.13. The van der Waals surface area contributed by atoms with E-state index in [0.29, 0.717) is 0 Å². The predicted molar refractivity (Wildman–Crippen MR) is 49.1 cm³/mol. The van der Waals surface area contributed by atoms with Crippen molar-refractivity contribution in [2.24, 2.45) is 0 Å². The first-order chi connectivity index (χ1) is 6.38. The third-order valence-corrected chi connectivity index (χ3v) is 2.88. The van der Waals surface area contributed by atoms with E-state index in [1.54, 1.807) is 0 Å². The van der Waals surface area contributed by atoms with Gasteiger partial charge in [0.05, 0.1) is 7.11 Å². The molecule has 0 N–H and O–H groups in total. The molecule has 0 saturated carbocycles. The van der Waals surface area contributed by atoms with Gasteiger partial charge in [0.1, 0.15) is 4.88 Å². The van der Waals surface area contributed by atoms with Crippen LogP contribution in [0.15, 0.2) is 5.38 Å². The van der Waals surface area contributed by atoms with E-state index in [1.807, 2.05) is 0 Å². The van der Waals surface area contributed by atoms with Crippen molar-refractivity contribution in [1.29, 1.82) is 0 Å². The number of hydrogen-bond donors (Lipinski definition) is 0. The number of halogens is 3. The number of hydrogen-bond acceptors (Lipinski definition) is 3. The third-order valence-electron chi connectivity index (χ3n) is 1.80. The smallest absolute Gasteiger partial charge is 0.465 e. The Kier molecular flexibility index (Phi) is 2.89. The molecule has 14 heavy (non-hydrogen) atoms. The summed E-state index contributed by atoms with van der Waals surface area (Å²) in [5.41, 5.74) is -0.759. The molecule has 0 radical (unpaired) electrons. The number of methoxy groups -OCH3 is 1. The summed E-state index contributed by atoms with van der Waals surface area (Å²) in [5, 5.41) is 0.946. The highest BCUT2D eigenvalue weighted by Crippen LogP contribution is 2.20. The van der Waals surface area contributed by atoms with Crippen LogP contribution < -0.4 is 5.46 Å². The first-order valence-electron chi connectivity index (χ1n) is 3.74. The lowest BCUT2D eigenvalue weighted by Gasteiger charge is -2.13. The first kappa shape index (κ1) is 11.1. The Balaban J connectivity index is 3.15. The van der Waals surface area contributed by atoms with Crippen molar-refractivity contribution in [3.05, 3.63) is 15.8 Å². The molecule has 0 atom stereocenters. The highest BCUT2D eigenvalue weighted by Gasteiger charge is 2.30. The van der Waals surface area contributed by atoms with Gasteiger partial charge in [-0.15, -0.1) is 11.3 Å². The Morgan fingerprint density at radius 2 is 2.07 bits per heavy atom. The fourth-order valence-corrected chi connectivity index (χ4v) is 2.10. The van der Waals surface area contributed by atoms with Gasteiger partial charge in [-0.1, -0.05) is 11.0 Å². The second-order valence-corrected chi connectivity index (χ2v) is 3.59. The van der Waals surface area contributed by atoms with Gasteiger partial charge in [0, 0.05) is 0 Å². The van der Waals surface area contributed by atoms with Gasteiger partial charge in [-0.2, -0.15) is 0 Å². The summed E-state index contributed by atoms with van der Waals surface area (Å²) in [7, 11) is 1.14. The Morgan fingerprint density at radius 1 is 1.50 bits per heavy atom. The lowest BCUT2D eigenvalue weighted by molar-refractivity contribution is 0.0605. The van der Waals surface area contributed by atoms with E-state index in [-0.39, 0.29) is 10.4 Å². The van der Waals surface area contributed by atoms with Gasteiger partial charge >= 0.3 is 12.9 Å². The number of ether oxygens (including phenoxy) is 1. The first-order valence-corrected chi connectivity index (χ1v) is 4.62. The van der Waals surface area contributed by atoms with E-state index in [2.05, 4.69) is 4.74 Å². The summed E-state index contributed by atoms with van der Waals surface area (Å²) in [5.74, 6) is -0.723. The van der Waals surface area contributed by atoms with Crippen LogP contribution >= 0.6 is 11.3 Å². The zero-order valence-electron chi connectivity index (χ0n) is 7.51. The minimum atomic E-state index is -5.04. The molecule has 1 rings (SSSR count). The molecule has 0 fully saturated rings. The molecule has 7 heteroatoms. The van der Waals surface area contributed by atoms with Gasteiger partial charge in [-0.3, -0.25) is 0 Å². The minimum absolute atomic E-state index is 0.0155. The summed E-state index contributed by atoms with van der Waals surface area (Å²) < 4.78 is 41.4. The van der Waals surface area contributed by atoms with Crippen molar-refractivity contribution in [3.8, 4) is 0 Å². The van der Waals surface area contributed by atoms with Crippen LogP contribution in [0.25, 0.3) is 0 Å². The molecule has 0 spiro atoms. The molecule has 78 valence electrons. The van der Waals surface area contributed by atoms with Crippen LogP contribution in [0.4, 0.5) is 12.9 Å². The molecule has 1 aromatic heterocycles. The van der Waals surface area contributed by atoms with Crippen LogP contribution in [0.5, 0.6) is 0 Å². The van der Waals surface area contributed by atoms with Crippen molar-refractivity contribution < 1.29 is 22.5 Å². The molecule has 0 aromatic carbocycles. The zero-order valence-corrected chi connectivity index (χ0v) is 8.33. The molecule has 0 amide bonds. The quantitative estimate of drug-likeness (QED) is 0.565. The monoisotopic (exact) mass is 223 g/mol. The number of carbonyl (C=O) groups excluding carboxylic acids is 1. The number of thiophene rings is 1. The van der Waals surface area contributed by atoms with Crippen LogP contribution in [-0.4, -0.2) is 20.1 Å². The van der Waals surface area contributed by atoms with Crippen molar-refractivity contribution in [3.63, 3.8) is 0 Å². The molecule has 2 nitrogen and oxygen atoms in total. The lowest BCUT2D eigenvalue weighted by atomic mass is 9.79. The summed E-state index contributed by atoms with van der Waals surface area (Å²) in [6.07, 6.45) is 0. The highest BCUT2D eigenvalue weighted by atomic mass is 32.1. The van der Waals surface area contributed by atoms with Crippen LogP contribution in [0, 0.1) is 6.92 Å². The van der Waals surface area contributed by atoms with Gasteiger partial charge in [0.15, 0.2) is 0 Å². The summed E-state index contributed by atoms with van der Waals surface area (Å²) >= 11 is 0.757. The summed E-state index contributed by atoms with van der Waals surface area (Å²) in [6, 6.07) is 0. The van der Waals surface area contributed by atoms with E-state index in [0.717, 1.165) is 23.8 Å². The Bertz CT molecular complexity index is 358. The molecule has 0 saturated heterocycles. The normalized spacial score (nSPS) is 11.5. The van der Waals surface area contributed by atoms with Gasteiger partial charge in [0.25, 0.3) is 0 Å². The maximum atomic E-state index is 12.3. The second-order valence-electron chi connectivity index (χ2n) is 2.71. The van der Waals surface area contributed by atoms with Gasteiger partial charge < -0.3 is 17.7 Å². The molecular formula is C7H7BF3O2S-. The van der Waals surface area contributed by atoms with Crippen molar-refractivity contribution >= 4 is 29.7 Å². The summed E-state index contributed by atoms with van der Waals surface area (Å²) in [6.45, 7) is -3.77. The van der Waals surface area contributed by atoms with Crippen LogP contribution in [0.3, 0.4) is 0 Å². The summed E-state index contributed by atoms with van der Waals surface area (Å²) in [4.78, 5) is 11.0. The Morgan fingerprint density at radius 3 is 2.43 bits per heavy atom. The number of rotatable bonds is 2. The fourth-order valence-electron chi connectivity index (χ4n) is 1.05. The fraction of sp³-hybridized carbons (Fsp3) is 0.286. The molecule has 1 aromatic rings. The molecule has 0 aliphatic carbocycles. The van der Waals surface area contributed by atoms with Crippen molar-refractivity contribution in [1.82, 2.24) is 0 Å². The van der Waals surface area contributed by atoms with Gasteiger partial charge in [0.2, 0.25) is 0 Å². The van der Waals surface area contributed by atoms with Crippen molar-refractivity contribution in [2.45, 2.75) is 6.92 Å². The predicted octanol–water partition coefficient (Wildman–Crippen LogP) is 1.90. The molecule has 0 bridgehead atoms. The number of esters is 1. The topological polar surface area (TPSA) is 26.3 Å². The van der Waals surface area contributed by atoms with E-state index < -0.39 is 18.4 Å².